The Morgan fingerprint density at radius 1 is 1.14 bits per heavy atom. The monoisotopic (exact) mass is 349 g/mol. The molecule has 0 saturated heterocycles. The van der Waals surface area contributed by atoms with E-state index in [1.807, 2.05) is 19.9 Å². The predicted molar refractivity (Wildman–Crippen MR) is 86.2 cm³/mol. The standard InChI is InChI=1S/C17H17BrFNO/c1-9-5-14-12(13-7-11(18)3-4-15(13)19)8-17(21)20-16(14)6-10(9)2/h3-6,12-13H,7-8H2,1-2H3,(H,20,21). The minimum atomic E-state index is -0.267. The Morgan fingerprint density at radius 3 is 2.62 bits per heavy atom. The third-order valence-electron chi connectivity index (χ3n) is 4.42. The summed E-state index contributed by atoms with van der Waals surface area (Å²) in [5.41, 5.74) is 4.19. The van der Waals surface area contributed by atoms with Crippen molar-refractivity contribution in [3.05, 3.63) is 51.3 Å². The number of nitrogens with one attached hydrogen (secondary N) is 1. The van der Waals surface area contributed by atoms with Gasteiger partial charge in [-0.05, 0) is 59.7 Å². The first-order chi connectivity index (χ1) is 9.95. The van der Waals surface area contributed by atoms with Crippen LogP contribution in [0, 0.1) is 19.8 Å². The number of halogens is 2. The van der Waals surface area contributed by atoms with Crippen LogP contribution in [-0.4, -0.2) is 5.91 Å². The van der Waals surface area contributed by atoms with Crippen molar-refractivity contribution in [2.24, 2.45) is 5.92 Å². The summed E-state index contributed by atoms with van der Waals surface area (Å²) in [5.74, 6) is -0.543. The van der Waals surface area contributed by atoms with Crippen LogP contribution >= 0.6 is 15.9 Å². The number of fused-ring (bicyclic) bond motifs is 1. The molecule has 1 heterocycles. The van der Waals surface area contributed by atoms with Crippen LogP contribution in [0.1, 0.15) is 35.4 Å². The third kappa shape index (κ3) is 2.69. The SMILES string of the molecule is Cc1cc2c(cc1C)C(C1CC(Br)=CC=C1F)CC(=O)N2. The van der Waals surface area contributed by atoms with Gasteiger partial charge in [0.15, 0.2) is 0 Å². The third-order valence-corrected chi connectivity index (χ3v) is 5.01. The fraction of sp³-hybridized carbons (Fsp3) is 0.353. The number of anilines is 1. The van der Waals surface area contributed by atoms with E-state index in [0.717, 1.165) is 21.3 Å². The van der Waals surface area contributed by atoms with Crippen LogP contribution in [0.15, 0.2) is 34.6 Å². The molecule has 0 spiro atoms. The lowest BCUT2D eigenvalue weighted by molar-refractivity contribution is -0.117. The molecule has 1 amide bonds. The van der Waals surface area contributed by atoms with Gasteiger partial charge in [0, 0.05) is 23.9 Å². The molecule has 0 fully saturated rings. The zero-order valence-electron chi connectivity index (χ0n) is 12.0. The van der Waals surface area contributed by atoms with Crippen LogP contribution in [0.25, 0.3) is 0 Å². The Balaban J connectivity index is 2.05. The number of hydrogen-bond acceptors (Lipinski definition) is 1. The van der Waals surface area contributed by atoms with E-state index in [1.54, 1.807) is 6.08 Å². The Labute approximate surface area is 132 Å². The lowest BCUT2D eigenvalue weighted by Crippen LogP contribution is -2.28. The Hall–Kier alpha value is -1.42. The van der Waals surface area contributed by atoms with Gasteiger partial charge >= 0.3 is 0 Å². The van der Waals surface area contributed by atoms with Crippen molar-refractivity contribution in [3.8, 4) is 0 Å². The maximum absolute atomic E-state index is 14.3. The molecule has 3 rings (SSSR count). The number of hydrogen-bond donors (Lipinski definition) is 1. The van der Waals surface area contributed by atoms with E-state index in [9.17, 15) is 9.18 Å². The highest BCUT2D eigenvalue weighted by Crippen LogP contribution is 2.45. The average molecular weight is 350 g/mol. The van der Waals surface area contributed by atoms with Crippen molar-refractivity contribution in [3.63, 3.8) is 0 Å². The summed E-state index contributed by atoms with van der Waals surface area (Å²) in [6.45, 7) is 4.07. The van der Waals surface area contributed by atoms with Crippen LogP contribution in [0.4, 0.5) is 10.1 Å². The topological polar surface area (TPSA) is 29.1 Å². The Kier molecular flexibility index (Phi) is 3.74. The van der Waals surface area contributed by atoms with Crippen molar-refractivity contribution in [2.45, 2.75) is 32.6 Å². The first-order valence-corrected chi connectivity index (χ1v) is 7.87. The molecular formula is C17H17BrFNO. The number of allylic oxidation sites excluding steroid dienone is 4. The average Bonchev–Trinajstić information content (AvgIpc) is 2.43. The molecule has 1 aromatic rings. The summed E-state index contributed by atoms with van der Waals surface area (Å²) in [6, 6.07) is 4.08. The van der Waals surface area contributed by atoms with Gasteiger partial charge in [-0.25, -0.2) is 4.39 Å². The maximum Gasteiger partial charge on any atom is 0.225 e. The number of benzene rings is 1. The highest BCUT2D eigenvalue weighted by molar-refractivity contribution is 9.11. The van der Waals surface area contributed by atoms with Gasteiger partial charge in [0.25, 0.3) is 0 Å². The molecule has 0 radical (unpaired) electrons. The molecule has 21 heavy (non-hydrogen) atoms. The van der Waals surface area contributed by atoms with Crippen molar-refractivity contribution in [1.82, 2.24) is 0 Å². The quantitative estimate of drug-likeness (QED) is 0.768. The molecule has 4 heteroatoms. The second-order valence-electron chi connectivity index (χ2n) is 5.86. The van der Waals surface area contributed by atoms with E-state index in [4.69, 9.17) is 0 Å². The van der Waals surface area contributed by atoms with Gasteiger partial charge < -0.3 is 5.32 Å². The molecular weight excluding hydrogens is 333 g/mol. The highest BCUT2D eigenvalue weighted by Gasteiger charge is 2.35. The van der Waals surface area contributed by atoms with Gasteiger partial charge in [0.1, 0.15) is 5.83 Å². The largest absolute Gasteiger partial charge is 0.326 e. The highest BCUT2D eigenvalue weighted by atomic mass is 79.9. The first-order valence-electron chi connectivity index (χ1n) is 7.08. The fourth-order valence-electron chi connectivity index (χ4n) is 3.13. The zero-order chi connectivity index (χ0) is 15.1. The van der Waals surface area contributed by atoms with E-state index in [1.165, 1.54) is 11.6 Å². The second kappa shape index (κ2) is 5.41. The molecule has 1 aliphatic heterocycles. The van der Waals surface area contributed by atoms with Crippen LogP contribution in [0.2, 0.25) is 0 Å². The van der Waals surface area contributed by atoms with Crippen molar-refractivity contribution >= 4 is 27.5 Å². The zero-order valence-corrected chi connectivity index (χ0v) is 13.6. The summed E-state index contributed by atoms with van der Waals surface area (Å²) in [4.78, 5) is 12.0. The fourth-order valence-corrected chi connectivity index (χ4v) is 3.61. The predicted octanol–water partition coefficient (Wildman–Crippen LogP) is 4.88. The molecule has 1 N–H and O–H groups in total. The number of carbonyl (C=O) groups excluding carboxylic acids is 1. The molecule has 1 aromatic carbocycles. The summed E-state index contributed by atoms with van der Waals surface area (Å²) in [6.07, 6.45) is 4.19. The summed E-state index contributed by atoms with van der Waals surface area (Å²) in [7, 11) is 0. The number of amides is 1. The molecule has 110 valence electrons. The Bertz CT molecular complexity index is 678. The maximum atomic E-state index is 14.3. The van der Waals surface area contributed by atoms with Gasteiger partial charge in [0.05, 0.1) is 0 Å². The number of rotatable bonds is 1. The second-order valence-corrected chi connectivity index (χ2v) is 6.88. The van der Waals surface area contributed by atoms with Crippen molar-refractivity contribution in [2.75, 3.05) is 5.32 Å². The molecule has 2 aliphatic rings. The molecule has 2 unspecified atom stereocenters. The molecule has 0 bridgehead atoms. The van der Waals surface area contributed by atoms with Gasteiger partial charge in [-0.3, -0.25) is 4.79 Å². The number of aryl methyl sites for hydroxylation is 2. The van der Waals surface area contributed by atoms with E-state index < -0.39 is 0 Å². The van der Waals surface area contributed by atoms with Gasteiger partial charge in [-0.15, -0.1) is 0 Å². The molecule has 0 saturated carbocycles. The minimum absolute atomic E-state index is 0.0331. The van der Waals surface area contributed by atoms with Crippen LogP contribution < -0.4 is 5.32 Å². The summed E-state index contributed by atoms with van der Waals surface area (Å²) >= 11 is 3.45. The van der Waals surface area contributed by atoms with E-state index >= 15 is 0 Å². The smallest absolute Gasteiger partial charge is 0.225 e. The van der Waals surface area contributed by atoms with Gasteiger partial charge in [0.2, 0.25) is 5.91 Å². The molecule has 0 aromatic heterocycles. The molecule has 2 atom stereocenters. The summed E-state index contributed by atoms with van der Waals surface area (Å²) < 4.78 is 15.2. The normalized spacial score (nSPS) is 24.9. The minimum Gasteiger partial charge on any atom is -0.326 e. The summed E-state index contributed by atoms with van der Waals surface area (Å²) in [5, 5.41) is 2.92. The molecule has 1 aliphatic carbocycles. The molecule has 2 nitrogen and oxygen atoms in total. The number of carbonyl (C=O) groups is 1. The van der Waals surface area contributed by atoms with Gasteiger partial charge in [-0.2, -0.15) is 0 Å². The van der Waals surface area contributed by atoms with Crippen LogP contribution in [-0.2, 0) is 4.79 Å². The van der Waals surface area contributed by atoms with E-state index in [0.29, 0.717) is 12.8 Å². The van der Waals surface area contributed by atoms with E-state index in [-0.39, 0.29) is 23.6 Å². The van der Waals surface area contributed by atoms with E-state index in [2.05, 4.69) is 27.3 Å². The van der Waals surface area contributed by atoms with Gasteiger partial charge in [-0.1, -0.05) is 22.0 Å². The van der Waals surface area contributed by atoms with Crippen LogP contribution in [0.5, 0.6) is 0 Å². The van der Waals surface area contributed by atoms with Crippen LogP contribution in [0.3, 0.4) is 0 Å². The Morgan fingerprint density at radius 2 is 1.86 bits per heavy atom. The van der Waals surface area contributed by atoms with Crippen molar-refractivity contribution < 1.29 is 9.18 Å². The lowest BCUT2D eigenvalue weighted by Gasteiger charge is -2.33. The van der Waals surface area contributed by atoms with Crippen molar-refractivity contribution in [1.29, 1.82) is 0 Å². The first kappa shape index (κ1) is 14.5. The lowest BCUT2D eigenvalue weighted by atomic mass is 9.76.